The van der Waals surface area contributed by atoms with Crippen LogP contribution in [0.15, 0.2) is 30.3 Å². The number of hydrogen-bond acceptors (Lipinski definition) is 1. The number of unbranched alkanes of at least 4 members (excludes halogenated alkanes) is 3. The van der Waals surface area contributed by atoms with E-state index < -0.39 is 0 Å². The molecule has 1 aliphatic rings. The predicted octanol–water partition coefficient (Wildman–Crippen LogP) is 3.85. The van der Waals surface area contributed by atoms with Gasteiger partial charge in [-0.1, -0.05) is 50.8 Å². The Morgan fingerprint density at radius 2 is 1.93 bits per heavy atom. The van der Waals surface area contributed by atoms with Crippen LogP contribution in [-0.2, 0) is 0 Å². The predicted molar refractivity (Wildman–Crippen MR) is 66.3 cm³/mol. The highest BCUT2D eigenvalue weighted by Gasteiger charge is 2.32. The molecule has 0 aliphatic carbocycles. The zero-order valence-electron chi connectivity index (χ0n) is 9.65. The van der Waals surface area contributed by atoms with Gasteiger partial charge in [0.2, 0.25) is 0 Å². The van der Waals surface area contributed by atoms with Gasteiger partial charge >= 0.3 is 0 Å². The van der Waals surface area contributed by atoms with Crippen molar-refractivity contribution in [2.45, 2.75) is 45.1 Å². The van der Waals surface area contributed by atoms with Crippen molar-refractivity contribution in [3.8, 4) is 0 Å². The van der Waals surface area contributed by atoms with Gasteiger partial charge in [-0.2, -0.15) is 0 Å². The van der Waals surface area contributed by atoms with Crippen molar-refractivity contribution in [1.82, 2.24) is 0 Å². The molecule has 0 amide bonds. The molecule has 0 spiro atoms. The van der Waals surface area contributed by atoms with Gasteiger partial charge < -0.3 is 4.90 Å². The standard InChI is InChI=1S/C14H21N/c1-2-3-4-6-11-14-12-15(14)13-9-7-5-8-10-13/h5,7-10,14H,2-4,6,11-12H2,1H3. The van der Waals surface area contributed by atoms with Crippen molar-refractivity contribution >= 4 is 5.69 Å². The summed E-state index contributed by atoms with van der Waals surface area (Å²) in [5.74, 6) is 0. The highest BCUT2D eigenvalue weighted by atomic mass is 15.3. The Balaban J connectivity index is 1.68. The van der Waals surface area contributed by atoms with Crippen LogP contribution in [0.25, 0.3) is 0 Å². The normalized spacial score (nSPS) is 19.3. The first-order valence-electron chi connectivity index (χ1n) is 6.23. The van der Waals surface area contributed by atoms with Crippen molar-refractivity contribution in [3.05, 3.63) is 30.3 Å². The molecule has 0 saturated carbocycles. The maximum absolute atomic E-state index is 2.51. The first-order chi connectivity index (χ1) is 7.42. The number of anilines is 1. The van der Waals surface area contributed by atoms with Crippen LogP contribution in [0.3, 0.4) is 0 Å². The number of para-hydroxylation sites is 1. The van der Waals surface area contributed by atoms with Crippen LogP contribution >= 0.6 is 0 Å². The van der Waals surface area contributed by atoms with E-state index in [2.05, 4.69) is 42.2 Å². The van der Waals surface area contributed by atoms with Crippen LogP contribution in [0.4, 0.5) is 5.69 Å². The molecule has 1 aliphatic heterocycles. The molecule has 1 aromatic carbocycles. The van der Waals surface area contributed by atoms with E-state index in [1.165, 1.54) is 44.3 Å². The van der Waals surface area contributed by atoms with E-state index >= 15 is 0 Å². The van der Waals surface area contributed by atoms with E-state index in [1.807, 2.05) is 0 Å². The first kappa shape index (κ1) is 10.5. The van der Waals surface area contributed by atoms with Gasteiger partial charge in [-0.3, -0.25) is 0 Å². The lowest BCUT2D eigenvalue weighted by Gasteiger charge is -2.04. The minimum Gasteiger partial charge on any atom is -0.365 e. The fraction of sp³-hybridized carbons (Fsp3) is 0.571. The van der Waals surface area contributed by atoms with Crippen molar-refractivity contribution in [2.75, 3.05) is 11.4 Å². The molecule has 0 N–H and O–H groups in total. The van der Waals surface area contributed by atoms with E-state index in [0.29, 0.717) is 0 Å². The summed E-state index contributed by atoms with van der Waals surface area (Å²) >= 11 is 0. The van der Waals surface area contributed by atoms with Crippen LogP contribution in [0.2, 0.25) is 0 Å². The lowest BCUT2D eigenvalue weighted by molar-refractivity contribution is 0.632. The van der Waals surface area contributed by atoms with Crippen molar-refractivity contribution in [3.63, 3.8) is 0 Å². The monoisotopic (exact) mass is 203 g/mol. The quantitative estimate of drug-likeness (QED) is 0.501. The molecule has 1 nitrogen and oxygen atoms in total. The van der Waals surface area contributed by atoms with Gasteiger partial charge in [-0.15, -0.1) is 0 Å². The summed E-state index contributed by atoms with van der Waals surface area (Å²) in [6.07, 6.45) is 6.94. The van der Waals surface area contributed by atoms with Gasteiger partial charge in [0.05, 0.1) is 0 Å². The topological polar surface area (TPSA) is 3.01 Å². The SMILES string of the molecule is CCCCCCC1CN1c1ccccc1. The summed E-state index contributed by atoms with van der Waals surface area (Å²) in [6, 6.07) is 11.6. The molecule has 0 aromatic heterocycles. The van der Waals surface area contributed by atoms with Crippen LogP contribution < -0.4 is 4.90 Å². The second-order valence-electron chi connectivity index (χ2n) is 4.49. The Hall–Kier alpha value is -0.980. The summed E-state index contributed by atoms with van der Waals surface area (Å²) in [4.78, 5) is 2.51. The number of hydrogen-bond donors (Lipinski definition) is 0. The van der Waals surface area contributed by atoms with Crippen molar-refractivity contribution in [2.24, 2.45) is 0 Å². The summed E-state index contributed by atoms with van der Waals surface area (Å²) in [5, 5.41) is 0. The van der Waals surface area contributed by atoms with Crippen LogP contribution in [0, 0.1) is 0 Å². The molecule has 1 heterocycles. The summed E-state index contributed by atoms with van der Waals surface area (Å²) in [7, 11) is 0. The molecule has 1 atom stereocenters. The molecular weight excluding hydrogens is 182 g/mol. The smallest absolute Gasteiger partial charge is 0.0466 e. The maximum Gasteiger partial charge on any atom is 0.0466 e. The Bertz CT molecular complexity index is 281. The fourth-order valence-electron chi connectivity index (χ4n) is 2.17. The molecule has 2 rings (SSSR count). The van der Waals surface area contributed by atoms with Gasteiger partial charge in [0.15, 0.2) is 0 Å². The molecule has 82 valence electrons. The Morgan fingerprint density at radius 1 is 1.13 bits per heavy atom. The Morgan fingerprint density at radius 3 is 2.67 bits per heavy atom. The zero-order chi connectivity index (χ0) is 10.5. The lowest BCUT2D eigenvalue weighted by atomic mass is 10.1. The molecule has 0 bridgehead atoms. The second-order valence-corrected chi connectivity index (χ2v) is 4.49. The first-order valence-corrected chi connectivity index (χ1v) is 6.23. The minimum atomic E-state index is 0.837. The van der Waals surface area contributed by atoms with E-state index in [1.54, 1.807) is 0 Å². The van der Waals surface area contributed by atoms with Gasteiger partial charge in [0.25, 0.3) is 0 Å². The van der Waals surface area contributed by atoms with Crippen LogP contribution in [0.1, 0.15) is 39.0 Å². The molecule has 1 unspecified atom stereocenters. The number of rotatable bonds is 6. The third kappa shape index (κ3) is 2.98. The highest BCUT2D eigenvalue weighted by molar-refractivity contribution is 5.53. The summed E-state index contributed by atoms with van der Waals surface area (Å²) < 4.78 is 0. The molecule has 1 fully saturated rings. The zero-order valence-corrected chi connectivity index (χ0v) is 9.65. The van der Waals surface area contributed by atoms with Crippen LogP contribution in [-0.4, -0.2) is 12.6 Å². The van der Waals surface area contributed by atoms with Gasteiger partial charge in [-0.05, 0) is 18.6 Å². The third-order valence-electron chi connectivity index (χ3n) is 3.19. The lowest BCUT2D eigenvalue weighted by Crippen LogP contribution is -1.98. The largest absolute Gasteiger partial charge is 0.365 e. The molecule has 15 heavy (non-hydrogen) atoms. The number of benzene rings is 1. The van der Waals surface area contributed by atoms with Gasteiger partial charge in [0.1, 0.15) is 0 Å². The Kier molecular flexibility index (Phi) is 3.65. The minimum absolute atomic E-state index is 0.837. The van der Waals surface area contributed by atoms with Crippen LogP contribution in [0.5, 0.6) is 0 Å². The van der Waals surface area contributed by atoms with Gasteiger partial charge in [-0.25, -0.2) is 0 Å². The van der Waals surface area contributed by atoms with E-state index in [-0.39, 0.29) is 0 Å². The highest BCUT2D eigenvalue weighted by Crippen LogP contribution is 2.30. The molecule has 1 heteroatoms. The molecular formula is C14H21N. The number of nitrogens with zero attached hydrogens (tertiary/aromatic N) is 1. The van der Waals surface area contributed by atoms with E-state index in [4.69, 9.17) is 0 Å². The van der Waals surface area contributed by atoms with Crippen molar-refractivity contribution < 1.29 is 0 Å². The Labute approximate surface area is 93.1 Å². The summed E-state index contributed by atoms with van der Waals surface area (Å²) in [6.45, 7) is 3.55. The average Bonchev–Trinajstić information content (AvgIpc) is 3.05. The molecule has 1 saturated heterocycles. The fourth-order valence-corrected chi connectivity index (χ4v) is 2.17. The summed E-state index contributed by atoms with van der Waals surface area (Å²) in [5.41, 5.74) is 1.40. The molecule has 0 radical (unpaired) electrons. The molecule has 1 aromatic rings. The average molecular weight is 203 g/mol. The second kappa shape index (κ2) is 5.20. The van der Waals surface area contributed by atoms with Gasteiger partial charge in [0, 0.05) is 18.3 Å². The van der Waals surface area contributed by atoms with E-state index in [0.717, 1.165) is 6.04 Å². The maximum atomic E-state index is 2.51. The van der Waals surface area contributed by atoms with E-state index in [9.17, 15) is 0 Å². The third-order valence-corrected chi connectivity index (χ3v) is 3.19. The van der Waals surface area contributed by atoms with Crippen molar-refractivity contribution in [1.29, 1.82) is 0 Å².